The van der Waals surface area contributed by atoms with Gasteiger partial charge in [0.15, 0.2) is 0 Å². The van der Waals surface area contributed by atoms with Gasteiger partial charge >= 0.3 is 0 Å². The van der Waals surface area contributed by atoms with Crippen LogP contribution in [0, 0.1) is 0 Å². The molecular formula is C11H14N2O2S. The van der Waals surface area contributed by atoms with Crippen LogP contribution >= 0.6 is 0 Å². The lowest BCUT2D eigenvalue weighted by molar-refractivity contribution is 0.437. The Morgan fingerprint density at radius 2 is 2.06 bits per heavy atom. The van der Waals surface area contributed by atoms with Crippen molar-refractivity contribution in [2.24, 2.45) is 0 Å². The second-order valence-electron chi connectivity index (χ2n) is 3.70. The predicted molar refractivity (Wildman–Crippen MR) is 63.4 cm³/mol. The first-order valence-electron chi connectivity index (χ1n) is 5.11. The van der Waals surface area contributed by atoms with E-state index in [0.29, 0.717) is 18.8 Å². The van der Waals surface area contributed by atoms with E-state index in [9.17, 15) is 8.42 Å². The van der Waals surface area contributed by atoms with Crippen LogP contribution in [-0.2, 0) is 10.0 Å². The minimum Gasteiger partial charge on any atom is -0.399 e. The molecule has 16 heavy (non-hydrogen) atoms. The van der Waals surface area contributed by atoms with Crippen LogP contribution in [0.1, 0.15) is 6.42 Å². The zero-order valence-electron chi connectivity index (χ0n) is 8.83. The summed E-state index contributed by atoms with van der Waals surface area (Å²) < 4.78 is 25.8. The van der Waals surface area contributed by atoms with Gasteiger partial charge < -0.3 is 5.73 Å². The molecule has 0 radical (unpaired) electrons. The summed E-state index contributed by atoms with van der Waals surface area (Å²) in [6.45, 7) is 0.977. The normalized spacial score (nSPS) is 17.5. The molecule has 5 heteroatoms. The van der Waals surface area contributed by atoms with Crippen LogP contribution in [0.4, 0.5) is 5.69 Å². The number of benzene rings is 1. The van der Waals surface area contributed by atoms with Crippen molar-refractivity contribution in [2.45, 2.75) is 11.3 Å². The van der Waals surface area contributed by atoms with Crippen LogP contribution in [0.25, 0.3) is 0 Å². The lowest BCUT2D eigenvalue weighted by atomic mass is 10.3. The molecule has 1 aliphatic heterocycles. The Morgan fingerprint density at radius 3 is 2.69 bits per heavy atom. The van der Waals surface area contributed by atoms with Gasteiger partial charge in [0.1, 0.15) is 0 Å². The van der Waals surface area contributed by atoms with Gasteiger partial charge in [0.2, 0.25) is 10.0 Å². The van der Waals surface area contributed by atoms with E-state index >= 15 is 0 Å². The van der Waals surface area contributed by atoms with Crippen LogP contribution in [0.5, 0.6) is 0 Å². The molecule has 0 bridgehead atoms. The molecule has 0 aliphatic carbocycles. The van der Waals surface area contributed by atoms with E-state index in [1.165, 1.54) is 10.4 Å². The molecule has 1 aromatic rings. The minimum atomic E-state index is -3.38. The van der Waals surface area contributed by atoms with Crippen molar-refractivity contribution in [3.63, 3.8) is 0 Å². The Bertz CT molecular complexity index is 508. The van der Waals surface area contributed by atoms with E-state index in [1.54, 1.807) is 18.2 Å². The lowest BCUT2D eigenvalue weighted by Gasteiger charge is -2.22. The highest BCUT2D eigenvalue weighted by atomic mass is 32.2. The zero-order valence-corrected chi connectivity index (χ0v) is 9.65. The van der Waals surface area contributed by atoms with Crippen LogP contribution in [-0.4, -0.2) is 25.8 Å². The molecule has 0 saturated heterocycles. The van der Waals surface area contributed by atoms with Crippen molar-refractivity contribution >= 4 is 15.7 Å². The van der Waals surface area contributed by atoms with Gasteiger partial charge in [-0.3, -0.25) is 0 Å². The summed E-state index contributed by atoms with van der Waals surface area (Å²) in [7, 11) is -3.38. The van der Waals surface area contributed by atoms with Crippen LogP contribution in [0.2, 0.25) is 0 Å². The molecule has 1 aromatic carbocycles. The fourth-order valence-corrected chi connectivity index (χ4v) is 3.12. The molecule has 4 nitrogen and oxygen atoms in total. The summed E-state index contributed by atoms with van der Waals surface area (Å²) in [5.41, 5.74) is 6.05. The number of hydrogen-bond acceptors (Lipinski definition) is 3. The molecule has 0 aromatic heterocycles. The third kappa shape index (κ3) is 2.10. The van der Waals surface area contributed by atoms with Crippen molar-refractivity contribution in [2.75, 3.05) is 18.8 Å². The molecule has 1 aliphatic rings. The summed E-state index contributed by atoms with van der Waals surface area (Å²) in [4.78, 5) is 0.266. The van der Waals surface area contributed by atoms with Crippen molar-refractivity contribution in [3.8, 4) is 0 Å². The maximum atomic E-state index is 12.2. The Morgan fingerprint density at radius 1 is 1.25 bits per heavy atom. The molecular weight excluding hydrogens is 224 g/mol. The summed E-state index contributed by atoms with van der Waals surface area (Å²) in [5.74, 6) is 0. The monoisotopic (exact) mass is 238 g/mol. The van der Waals surface area contributed by atoms with Crippen LogP contribution in [0.15, 0.2) is 41.3 Å². The van der Waals surface area contributed by atoms with Crippen molar-refractivity contribution in [1.29, 1.82) is 0 Å². The fraction of sp³-hybridized carbons (Fsp3) is 0.273. The number of nitrogens with zero attached hydrogens (tertiary/aromatic N) is 1. The van der Waals surface area contributed by atoms with E-state index in [-0.39, 0.29) is 4.90 Å². The molecule has 0 fully saturated rings. The molecule has 2 N–H and O–H groups in total. The van der Waals surface area contributed by atoms with Gasteiger partial charge in [0.05, 0.1) is 4.90 Å². The average molecular weight is 238 g/mol. The smallest absolute Gasteiger partial charge is 0.243 e. The summed E-state index contributed by atoms with van der Waals surface area (Å²) in [6.07, 6.45) is 4.63. The van der Waals surface area contributed by atoms with Gasteiger partial charge in [-0.1, -0.05) is 18.2 Å². The maximum absolute atomic E-state index is 12.2. The number of nitrogen functional groups attached to an aromatic ring is 1. The standard InChI is InChI=1S/C11H14N2O2S/c12-10-5-4-6-11(9-10)16(14,15)13-7-2-1-3-8-13/h1-2,4-6,9H,3,7-8,12H2. The van der Waals surface area contributed by atoms with E-state index in [1.807, 2.05) is 12.2 Å². The summed E-state index contributed by atoms with van der Waals surface area (Å²) in [6, 6.07) is 6.40. The number of hydrogen-bond donors (Lipinski definition) is 1. The van der Waals surface area contributed by atoms with Gasteiger partial charge in [0, 0.05) is 18.8 Å². The van der Waals surface area contributed by atoms with Crippen molar-refractivity contribution in [3.05, 3.63) is 36.4 Å². The maximum Gasteiger partial charge on any atom is 0.243 e. The summed E-state index contributed by atoms with van der Waals surface area (Å²) >= 11 is 0. The topological polar surface area (TPSA) is 63.4 Å². The molecule has 2 rings (SSSR count). The number of nitrogens with two attached hydrogens (primary N) is 1. The van der Waals surface area contributed by atoms with Gasteiger partial charge in [-0.2, -0.15) is 4.31 Å². The lowest BCUT2D eigenvalue weighted by Crippen LogP contribution is -2.33. The number of rotatable bonds is 2. The van der Waals surface area contributed by atoms with E-state index in [4.69, 9.17) is 5.73 Å². The van der Waals surface area contributed by atoms with Gasteiger partial charge in [-0.15, -0.1) is 0 Å². The molecule has 0 atom stereocenters. The first-order valence-corrected chi connectivity index (χ1v) is 6.55. The van der Waals surface area contributed by atoms with E-state index < -0.39 is 10.0 Å². The van der Waals surface area contributed by atoms with Gasteiger partial charge in [-0.05, 0) is 24.6 Å². The fourth-order valence-electron chi connectivity index (χ4n) is 1.66. The number of anilines is 1. The largest absolute Gasteiger partial charge is 0.399 e. The van der Waals surface area contributed by atoms with Gasteiger partial charge in [0.25, 0.3) is 0 Å². The highest BCUT2D eigenvalue weighted by Gasteiger charge is 2.24. The van der Waals surface area contributed by atoms with Crippen LogP contribution < -0.4 is 5.73 Å². The second-order valence-corrected chi connectivity index (χ2v) is 5.63. The second kappa shape index (κ2) is 4.27. The Labute approximate surface area is 95.4 Å². The van der Waals surface area contributed by atoms with Crippen molar-refractivity contribution in [1.82, 2.24) is 4.31 Å². The third-order valence-electron chi connectivity index (χ3n) is 2.52. The van der Waals surface area contributed by atoms with Gasteiger partial charge in [-0.25, -0.2) is 8.42 Å². The summed E-state index contributed by atoms with van der Waals surface area (Å²) in [5, 5.41) is 0. The zero-order chi connectivity index (χ0) is 11.6. The Balaban J connectivity index is 2.35. The SMILES string of the molecule is Nc1cccc(S(=O)(=O)N2CC=CCC2)c1. The van der Waals surface area contributed by atoms with E-state index in [2.05, 4.69) is 0 Å². The average Bonchev–Trinajstić information content (AvgIpc) is 2.30. The first-order chi connectivity index (χ1) is 7.60. The first kappa shape index (κ1) is 11.2. The Hall–Kier alpha value is -1.33. The quantitative estimate of drug-likeness (QED) is 0.622. The number of sulfonamides is 1. The molecule has 0 saturated carbocycles. The van der Waals surface area contributed by atoms with Crippen LogP contribution in [0.3, 0.4) is 0 Å². The predicted octanol–water partition coefficient (Wildman–Crippen LogP) is 1.22. The molecule has 1 heterocycles. The van der Waals surface area contributed by atoms with E-state index in [0.717, 1.165) is 6.42 Å². The molecule has 0 amide bonds. The highest BCUT2D eigenvalue weighted by molar-refractivity contribution is 7.89. The third-order valence-corrected chi connectivity index (χ3v) is 4.38. The Kier molecular flexibility index (Phi) is 2.98. The van der Waals surface area contributed by atoms with Crippen molar-refractivity contribution < 1.29 is 8.42 Å². The molecule has 86 valence electrons. The molecule has 0 unspecified atom stereocenters. The minimum absolute atomic E-state index is 0.266. The highest BCUT2D eigenvalue weighted by Crippen LogP contribution is 2.19. The molecule has 0 spiro atoms.